The third kappa shape index (κ3) is 11.6. The molecule has 0 spiro atoms. The molecule has 328 valence electrons. The van der Waals surface area contributed by atoms with Crippen molar-refractivity contribution in [1.29, 1.82) is 0 Å². The highest BCUT2D eigenvalue weighted by Gasteiger charge is 2.26. The topological polar surface area (TPSA) is 142 Å². The molecule has 12 heteroatoms. The van der Waals surface area contributed by atoms with Crippen molar-refractivity contribution in [3.05, 3.63) is 168 Å². The lowest BCUT2D eigenvalue weighted by Crippen LogP contribution is -2.45. The minimum absolute atomic E-state index is 0.0101. The fraction of sp³-hybridized carbons (Fsp3) is 0.269. The molecule has 2 N–H and O–H groups in total. The molecule has 4 heterocycles. The Balaban J connectivity index is 0.000000191. The number of hydrogen-bond acceptors (Lipinski definition) is 8. The van der Waals surface area contributed by atoms with E-state index < -0.39 is 0 Å². The first kappa shape index (κ1) is 44.9. The van der Waals surface area contributed by atoms with Gasteiger partial charge in [-0.05, 0) is 120 Å². The fourth-order valence-electron chi connectivity index (χ4n) is 7.93. The predicted molar refractivity (Wildman–Crippen MR) is 251 cm³/mol. The number of aromatic nitrogens is 2. The quantitative estimate of drug-likeness (QED) is 0.100. The third-order valence-corrected chi connectivity index (χ3v) is 11.6. The maximum Gasteiger partial charge on any atom is 0.337 e. The van der Waals surface area contributed by atoms with Crippen LogP contribution >= 0.6 is 0 Å². The van der Waals surface area contributed by atoms with Crippen molar-refractivity contribution < 1.29 is 23.9 Å². The molecule has 2 aromatic heterocycles. The van der Waals surface area contributed by atoms with E-state index in [0.29, 0.717) is 24.2 Å². The van der Waals surface area contributed by atoms with E-state index >= 15 is 0 Å². The summed E-state index contributed by atoms with van der Waals surface area (Å²) in [7, 11) is 1.37. The van der Waals surface area contributed by atoms with Crippen molar-refractivity contribution in [2.45, 2.75) is 51.6 Å². The SMILES string of the molecule is COC(=O)c1ccc(CN(C(=O)N2CCCCC2)c2ccc(-c3cccnc3)cc2)cc1.NCC(=O)c1ccc(CN(C(=O)N2CCCCC2)c2ccc(-c3cccnc3)cc2)cc1. The average molecular weight is 858 g/mol. The van der Waals surface area contributed by atoms with Crippen LogP contribution in [0, 0.1) is 0 Å². The summed E-state index contributed by atoms with van der Waals surface area (Å²) in [6.45, 7) is 3.97. The van der Waals surface area contributed by atoms with E-state index in [4.69, 9.17) is 10.5 Å². The molecular weight excluding hydrogens is 803 g/mol. The van der Waals surface area contributed by atoms with Crippen molar-refractivity contribution in [2.75, 3.05) is 49.6 Å². The van der Waals surface area contributed by atoms with Gasteiger partial charge in [0.1, 0.15) is 0 Å². The van der Waals surface area contributed by atoms with Crippen LogP contribution in [-0.2, 0) is 17.8 Å². The van der Waals surface area contributed by atoms with Gasteiger partial charge in [-0.2, -0.15) is 0 Å². The third-order valence-electron chi connectivity index (χ3n) is 11.6. The van der Waals surface area contributed by atoms with E-state index in [2.05, 4.69) is 9.97 Å². The molecule has 2 aliphatic rings. The number of rotatable bonds is 11. The normalized spacial score (nSPS) is 13.5. The predicted octanol–water partition coefficient (Wildman–Crippen LogP) is 9.65. The molecular formula is C52H55N7O5. The van der Waals surface area contributed by atoms with Crippen LogP contribution in [0.2, 0.25) is 0 Å². The van der Waals surface area contributed by atoms with Crippen LogP contribution < -0.4 is 15.5 Å². The Hall–Kier alpha value is -7.18. The highest BCUT2D eigenvalue weighted by atomic mass is 16.5. The molecule has 12 nitrogen and oxygen atoms in total. The molecule has 64 heavy (non-hydrogen) atoms. The van der Waals surface area contributed by atoms with Crippen molar-refractivity contribution in [2.24, 2.45) is 5.73 Å². The second-order valence-corrected chi connectivity index (χ2v) is 15.9. The first-order valence-corrected chi connectivity index (χ1v) is 21.9. The van der Waals surface area contributed by atoms with E-state index in [0.717, 1.165) is 96.6 Å². The Morgan fingerprint density at radius 3 is 1.30 bits per heavy atom. The molecule has 4 amide bonds. The first-order valence-electron chi connectivity index (χ1n) is 21.9. The standard InChI is InChI=1S/C26H28N4O2.C26H27N3O3/c27-17-25(31)22-8-6-20(7-9-22)19-30(26(32)29-15-2-1-3-16-29)24-12-10-21(11-13-24)23-5-4-14-28-18-23;1-32-25(30)22-9-7-20(8-10-22)19-29(26(31)28-16-3-2-4-17-28)24-13-11-21(12-14-24)23-6-5-15-27-18-23/h4-14,18H,1-3,15-17,19,27H2;5-15,18H,2-4,16-17,19H2,1H3. The second kappa shape index (κ2) is 22.3. The molecule has 6 aromatic rings. The number of carbonyl (C=O) groups excluding carboxylic acids is 4. The number of amides is 4. The van der Waals surface area contributed by atoms with Gasteiger partial charge in [0.25, 0.3) is 0 Å². The molecule has 2 saturated heterocycles. The van der Waals surface area contributed by atoms with Gasteiger partial charge < -0.3 is 20.3 Å². The summed E-state index contributed by atoms with van der Waals surface area (Å²) in [5, 5.41) is 0. The lowest BCUT2D eigenvalue weighted by molar-refractivity contribution is 0.0600. The van der Waals surface area contributed by atoms with Gasteiger partial charge in [-0.3, -0.25) is 24.6 Å². The Morgan fingerprint density at radius 2 is 0.938 bits per heavy atom. The van der Waals surface area contributed by atoms with Crippen molar-refractivity contribution >= 4 is 35.2 Å². The molecule has 0 atom stereocenters. The van der Waals surface area contributed by atoms with Gasteiger partial charge in [-0.25, -0.2) is 14.4 Å². The Labute approximate surface area is 375 Å². The van der Waals surface area contributed by atoms with Crippen molar-refractivity contribution in [3.8, 4) is 22.3 Å². The first-order chi connectivity index (χ1) is 31.3. The number of ether oxygens (including phenoxy) is 1. The fourth-order valence-corrected chi connectivity index (χ4v) is 7.93. The summed E-state index contributed by atoms with van der Waals surface area (Å²) in [6.07, 6.45) is 13.6. The van der Waals surface area contributed by atoms with Crippen LogP contribution in [0.5, 0.6) is 0 Å². The highest BCUT2D eigenvalue weighted by Crippen LogP contribution is 2.28. The molecule has 4 aromatic carbocycles. The zero-order valence-electron chi connectivity index (χ0n) is 36.4. The lowest BCUT2D eigenvalue weighted by atomic mass is 10.1. The number of urea groups is 2. The van der Waals surface area contributed by atoms with Crippen LogP contribution in [0.15, 0.2) is 146 Å². The van der Waals surface area contributed by atoms with Gasteiger partial charge in [-0.15, -0.1) is 0 Å². The number of carbonyl (C=O) groups is 4. The summed E-state index contributed by atoms with van der Waals surface area (Å²) in [5.41, 5.74) is 14.3. The summed E-state index contributed by atoms with van der Waals surface area (Å²) >= 11 is 0. The molecule has 8 rings (SSSR count). The maximum absolute atomic E-state index is 13.5. The monoisotopic (exact) mass is 857 g/mol. The number of pyridine rings is 2. The minimum Gasteiger partial charge on any atom is -0.465 e. The van der Waals surface area contributed by atoms with Gasteiger partial charge in [0, 0.05) is 67.9 Å². The molecule has 0 radical (unpaired) electrons. The zero-order valence-corrected chi connectivity index (χ0v) is 36.4. The van der Waals surface area contributed by atoms with Crippen LogP contribution in [0.4, 0.5) is 21.0 Å². The van der Waals surface area contributed by atoms with E-state index in [9.17, 15) is 19.2 Å². The van der Waals surface area contributed by atoms with Gasteiger partial charge in [-0.1, -0.05) is 72.8 Å². The highest BCUT2D eigenvalue weighted by molar-refractivity contribution is 5.97. The number of nitrogens with zero attached hydrogens (tertiary/aromatic N) is 6. The minimum atomic E-state index is -0.371. The molecule has 0 unspecified atom stereocenters. The largest absolute Gasteiger partial charge is 0.465 e. The van der Waals surface area contributed by atoms with Crippen LogP contribution in [0.25, 0.3) is 22.3 Å². The maximum atomic E-state index is 13.5. The van der Waals surface area contributed by atoms with E-state index in [1.54, 1.807) is 36.7 Å². The van der Waals surface area contributed by atoms with Crippen LogP contribution in [-0.4, -0.2) is 83.4 Å². The van der Waals surface area contributed by atoms with Gasteiger partial charge >= 0.3 is 18.0 Å². The summed E-state index contributed by atoms with van der Waals surface area (Å²) in [6, 6.07) is 38.4. The number of nitrogens with two attached hydrogens (primary N) is 1. The Bertz CT molecular complexity index is 2260. The number of methoxy groups -OCH3 is 1. The number of benzene rings is 4. The molecule has 0 bridgehead atoms. The molecule has 2 fully saturated rings. The molecule has 0 saturated carbocycles. The molecule has 0 aliphatic carbocycles. The number of piperidine rings is 2. The van der Waals surface area contributed by atoms with Crippen molar-refractivity contribution in [3.63, 3.8) is 0 Å². The molecule has 2 aliphatic heterocycles. The van der Waals surface area contributed by atoms with Crippen LogP contribution in [0.3, 0.4) is 0 Å². The second-order valence-electron chi connectivity index (χ2n) is 15.9. The van der Waals surface area contributed by atoms with E-state index in [1.807, 2.05) is 129 Å². The average Bonchev–Trinajstić information content (AvgIpc) is 3.38. The van der Waals surface area contributed by atoms with E-state index in [1.165, 1.54) is 20.0 Å². The number of Topliss-reactive ketones (excluding diaryl/α,β-unsaturated/α-hetero) is 1. The Kier molecular flexibility index (Phi) is 15.6. The number of anilines is 2. The summed E-state index contributed by atoms with van der Waals surface area (Å²) in [5.74, 6) is -0.465. The van der Waals surface area contributed by atoms with Gasteiger partial charge in [0.05, 0.1) is 32.3 Å². The summed E-state index contributed by atoms with van der Waals surface area (Å²) in [4.78, 5) is 66.3. The van der Waals surface area contributed by atoms with Gasteiger partial charge in [0.2, 0.25) is 0 Å². The van der Waals surface area contributed by atoms with Gasteiger partial charge in [0.15, 0.2) is 5.78 Å². The number of esters is 1. The number of ketones is 1. The van der Waals surface area contributed by atoms with E-state index in [-0.39, 0.29) is 30.4 Å². The number of likely N-dealkylation sites (tertiary alicyclic amines) is 2. The Morgan fingerprint density at radius 1 is 0.531 bits per heavy atom. The van der Waals surface area contributed by atoms with Crippen LogP contribution in [0.1, 0.15) is 70.4 Å². The van der Waals surface area contributed by atoms with Crippen molar-refractivity contribution in [1.82, 2.24) is 19.8 Å². The zero-order chi connectivity index (χ0) is 44.7. The lowest BCUT2D eigenvalue weighted by Gasteiger charge is -2.33. The smallest absolute Gasteiger partial charge is 0.337 e. The summed E-state index contributed by atoms with van der Waals surface area (Å²) < 4.78 is 4.78. The number of hydrogen-bond donors (Lipinski definition) is 1.